The average molecular weight is 268 g/mol. The van der Waals surface area contributed by atoms with Crippen LogP contribution in [0.2, 0.25) is 0 Å². The van der Waals surface area contributed by atoms with E-state index in [4.69, 9.17) is 5.73 Å². The Kier molecular flexibility index (Phi) is 3.34. The smallest absolute Gasteiger partial charge is 0.256 e. The maximum absolute atomic E-state index is 13.6. The number of nitrogens with two attached hydrogens (primary N) is 1. The topological polar surface area (TPSA) is 46.3 Å². The summed E-state index contributed by atoms with van der Waals surface area (Å²) in [6.45, 7) is 6.29. The Morgan fingerprint density at radius 1 is 1.32 bits per heavy atom. The molecule has 0 unspecified atom stereocenters. The summed E-state index contributed by atoms with van der Waals surface area (Å²) >= 11 is 0. The van der Waals surface area contributed by atoms with E-state index in [0.29, 0.717) is 13.1 Å². The van der Waals surface area contributed by atoms with Gasteiger partial charge in [0.05, 0.1) is 11.1 Å². The highest BCUT2D eigenvalue weighted by atomic mass is 19.1. The molecular formula is C14H18F2N2O. The highest BCUT2D eigenvalue weighted by molar-refractivity contribution is 5.95. The molecule has 0 atom stereocenters. The lowest BCUT2D eigenvalue weighted by molar-refractivity contribution is 0.0271. The zero-order chi connectivity index (χ0) is 14.4. The normalized spacial score (nSPS) is 17.5. The Hall–Kier alpha value is -1.49. The minimum Gasteiger partial charge on any atom is -0.335 e. The highest BCUT2D eigenvalue weighted by Gasteiger charge is 2.44. The van der Waals surface area contributed by atoms with Crippen molar-refractivity contribution in [3.63, 3.8) is 0 Å². The Labute approximate surface area is 111 Å². The average Bonchev–Trinajstić information content (AvgIpc) is 2.28. The molecule has 2 rings (SSSR count). The fraction of sp³-hybridized carbons (Fsp3) is 0.500. The van der Waals surface area contributed by atoms with E-state index < -0.39 is 23.1 Å². The Balaban J connectivity index is 2.17. The number of hydrogen-bond acceptors (Lipinski definition) is 2. The van der Waals surface area contributed by atoms with E-state index in [1.807, 2.05) is 13.8 Å². The number of hydrogen-bond donors (Lipinski definition) is 1. The van der Waals surface area contributed by atoms with Crippen molar-refractivity contribution in [2.75, 3.05) is 13.1 Å². The molecule has 1 aliphatic rings. The van der Waals surface area contributed by atoms with Gasteiger partial charge in [-0.25, -0.2) is 8.78 Å². The van der Waals surface area contributed by atoms with Crippen LogP contribution < -0.4 is 5.73 Å². The van der Waals surface area contributed by atoms with E-state index in [1.165, 1.54) is 17.9 Å². The van der Waals surface area contributed by atoms with Crippen molar-refractivity contribution in [2.45, 2.75) is 26.3 Å². The summed E-state index contributed by atoms with van der Waals surface area (Å²) in [7, 11) is 0. The highest BCUT2D eigenvalue weighted by Crippen LogP contribution is 2.28. The molecule has 3 nitrogen and oxygen atoms in total. The van der Waals surface area contributed by atoms with Crippen LogP contribution in [0.4, 0.5) is 8.78 Å². The van der Waals surface area contributed by atoms with Gasteiger partial charge in [-0.2, -0.15) is 0 Å². The van der Waals surface area contributed by atoms with Gasteiger partial charge < -0.3 is 10.6 Å². The molecule has 104 valence electrons. The largest absolute Gasteiger partial charge is 0.335 e. The number of nitrogens with zero attached hydrogens (tertiary/aromatic N) is 1. The molecular weight excluding hydrogens is 250 g/mol. The molecule has 0 bridgehead atoms. The molecule has 0 radical (unpaired) electrons. The first-order valence-electron chi connectivity index (χ1n) is 6.28. The van der Waals surface area contributed by atoms with Crippen LogP contribution in [0.1, 0.15) is 29.8 Å². The molecule has 1 heterocycles. The van der Waals surface area contributed by atoms with Crippen LogP contribution in [-0.2, 0) is 0 Å². The van der Waals surface area contributed by atoms with Gasteiger partial charge in [-0.3, -0.25) is 4.79 Å². The summed E-state index contributed by atoms with van der Waals surface area (Å²) in [5.74, 6) is -1.65. The van der Waals surface area contributed by atoms with E-state index in [1.54, 1.807) is 0 Å². The number of likely N-dealkylation sites (tertiary alicyclic amines) is 1. The number of carbonyl (C=O) groups is 1. The second-order valence-corrected chi connectivity index (χ2v) is 5.63. The Morgan fingerprint density at radius 3 is 2.42 bits per heavy atom. The predicted molar refractivity (Wildman–Crippen MR) is 68.8 cm³/mol. The van der Waals surface area contributed by atoms with E-state index in [0.717, 1.165) is 6.07 Å². The van der Waals surface area contributed by atoms with Crippen molar-refractivity contribution < 1.29 is 13.6 Å². The summed E-state index contributed by atoms with van der Waals surface area (Å²) in [5.41, 5.74) is 5.86. The van der Waals surface area contributed by atoms with E-state index in [-0.39, 0.29) is 17.0 Å². The lowest BCUT2D eigenvalue weighted by atomic mass is 9.80. The molecule has 5 heteroatoms. The quantitative estimate of drug-likeness (QED) is 0.892. The first kappa shape index (κ1) is 13.9. The van der Waals surface area contributed by atoms with Gasteiger partial charge in [0.15, 0.2) is 0 Å². The third-order valence-electron chi connectivity index (χ3n) is 3.89. The molecule has 1 fully saturated rings. The first-order valence-corrected chi connectivity index (χ1v) is 6.28. The molecule has 19 heavy (non-hydrogen) atoms. The SMILES string of the molecule is Cc1cc(C(=O)N2CC(N)(C(C)C)C2)c(F)cc1F. The maximum atomic E-state index is 13.6. The molecule has 0 saturated carbocycles. The third kappa shape index (κ3) is 2.34. The molecule has 0 aliphatic carbocycles. The van der Waals surface area contributed by atoms with Gasteiger partial charge in [-0.1, -0.05) is 13.8 Å². The zero-order valence-corrected chi connectivity index (χ0v) is 11.3. The van der Waals surface area contributed by atoms with Crippen molar-refractivity contribution in [2.24, 2.45) is 11.7 Å². The number of benzene rings is 1. The molecule has 1 amide bonds. The molecule has 1 saturated heterocycles. The fourth-order valence-corrected chi connectivity index (χ4v) is 2.16. The summed E-state index contributed by atoms with van der Waals surface area (Å²) in [6.07, 6.45) is 0. The van der Waals surface area contributed by atoms with Gasteiger partial charge in [0.2, 0.25) is 0 Å². The summed E-state index contributed by atoms with van der Waals surface area (Å²) < 4.78 is 26.8. The number of rotatable bonds is 2. The van der Waals surface area contributed by atoms with Crippen molar-refractivity contribution in [1.29, 1.82) is 0 Å². The van der Waals surface area contributed by atoms with Crippen LogP contribution in [0.3, 0.4) is 0 Å². The first-order chi connectivity index (χ1) is 8.74. The summed E-state index contributed by atoms with van der Waals surface area (Å²) in [5, 5.41) is 0. The number of aryl methyl sites for hydroxylation is 1. The molecule has 0 spiro atoms. The van der Waals surface area contributed by atoms with Gasteiger partial charge in [-0.05, 0) is 24.5 Å². The second-order valence-electron chi connectivity index (χ2n) is 5.63. The third-order valence-corrected chi connectivity index (χ3v) is 3.89. The summed E-state index contributed by atoms with van der Waals surface area (Å²) in [4.78, 5) is 13.6. The van der Waals surface area contributed by atoms with Crippen molar-refractivity contribution in [3.05, 3.63) is 34.9 Å². The van der Waals surface area contributed by atoms with Crippen molar-refractivity contribution >= 4 is 5.91 Å². The van der Waals surface area contributed by atoms with Crippen LogP contribution in [0, 0.1) is 24.5 Å². The molecule has 0 aromatic heterocycles. The Morgan fingerprint density at radius 2 is 1.89 bits per heavy atom. The molecule has 1 aromatic rings. The zero-order valence-electron chi connectivity index (χ0n) is 11.3. The minimum atomic E-state index is -0.827. The molecule has 1 aromatic carbocycles. The van der Waals surface area contributed by atoms with Crippen LogP contribution in [0.25, 0.3) is 0 Å². The van der Waals surface area contributed by atoms with Crippen LogP contribution >= 0.6 is 0 Å². The minimum absolute atomic E-state index is 0.0929. The predicted octanol–water partition coefficient (Wildman–Crippen LogP) is 2.08. The molecule has 2 N–H and O–H groups in total. The van der Waals surface area contributed by atoms with Gasteiger partial charge in [0, 0.05) is 19.2 Å². The van der Waals surface area contributed by atoms with E-state index in [9.17, 15) is 13.6 Å². The van der Waals surface area contributed by atoms with Crippen LogP contribution in [-0.4, -0.2) is 29.4 Å². The Bertz CT molecular complexity index is 522. The lowest BCUT2D eigenvalue weighted by Crippen LogP contribution is -2.71. The number of amides is 1. The number of carbonyl (C=O) groups excluding carboxylic acids is 1. The number of halogens is 2. The van der Waals surface area contributed by atoms with Gasteiger partial charge in [0.25, 0.3) is 5.91 Å². The maximum Gasteiger partial charge on any atom is 0.256 e. The molecule has 1 aliphatic heterocycles. The van der Waals surface area contributed by atoms with Crippen LogP contribution in [0.15, 0.2) is 12.1 Å². The van der Waals surface area contributed by atoms with Gasteiger partial charge in [-0.15, -0.1) is 0 Å². The standard InChI is InChI=1S/C14H18F2N2O/c1-8(2)14(17)6-18(7-14)13(19)10-4-9(3)11(15)5-12(10)16/h4-5,8H,6-7,17H2,1-3H3. The van der Waals surface area contributed by atoms with Gasteiger partial charge >= 0.3 is 0 Å². The monoisotopic (exact) mass is 268 g/mol. The van der Waals surface area contributed by atoms with Gasteiger partial charge in [0.1, 0.15) is 11.6 Å². The summed E-state index contributed by atoms with van der Waals surface area (Å²) in [6, 6.07) is 2.00. The lowest BCUT2D eigenvalue weighted by Gasteiger charge is -2.50. The fourth-order valence-electron chi connectivity index (χ4n) is 2.16. The second kappa shape index (κ2) is 4.56. The van der Waals surface area contributed by atoms with E-state index in [2.05, 4.69) is 0 Å². The van der Waals surface area contributed by atoms with Crippen LogP contribution in [0.5, 0.6) is 0 Å². The van der Waals surface area contributed by atoms with Crippen molar-refractivity contribution in [1.82, 2.24) is 4.90 Å². The van der Waals surface area contributed by atoms with Crippen molar-refractivity contribution in [3.8, 4) is 0 Å². The van der Waals surface area contributed by atoms with E-state index >= 15 is 0 Å².